The molecular formula is C15H23N2O2+. The van der Waals surface area contributed by atoms with E-state index in [9.17, 15) is 0 Å². The zero-order valence-electron chi connectivity index (χ0n) is 12.1. The number of ether oxygens (including phenoxy) is 2. The molecule has 1 aromatic carbocycles. The van der Waals surface area contributed by atoms with Crippen molar-refractivity contribution in [3.8, 4) is 11.5 Å². The Kier molecular flexibility index (Phi) is 6.73. The predicted octanol–water partition coefficient (Wildman–Crippen LogP) is 4.84. The van der Waals surface area contributed by atoms with E-state index in [0.717, 1.165) is 31.2 Å². The van der Waals surface area contributed by atoms with Gasteiger partial charge in [0, 0.05) is 0 Å². The second-order valence-corrected chi connectivity index (χ2v) is 4.61. The molecule has 0 saturated heterocycles. The van der Waals surface area contributed by atoms with Crippen LogP contribution < -0.4 is 9.47 Å². The van der Waals surface area contributed by atoms with Crippen molar-refractivity contribution in [2.24, 2.45) is 0 Å². The lowest BCUT2D eigenvalue weighted by Crippen LogP contribution is -2.00. The highest BCUT2D eigenvalue weighted by Gasteiger charge is 2.24. The number of hydrogen-bond donors (Lipinski definition) is 0. The molecular weight excluding hydrogens is 240 g/mol. The van der Waals surface area contributed by atoms with Crippen LogP contribution in [0, 0.1) is 12.3 Å². The van der Waals surface area contributed by atoms with Gasteiger partial charge in [-0.25, -0.2) is 0 Å². The molecule has 0 saturated carbocycles. The van der Waals surface area contributed by atoms with Crippen molar-refractivity contribution in [2.75, 3.05) is 13.2 Å². The number of benzene rings is 1. The number of nitrogens with zero attached hydrogens (tertiary/aromatic N) is 2. The SMILES string of the molecule is CCCCOc1cc(C)cc(OCCCC)c1[N+]#N. The standard InChI is InChI=1S/C15H23N2O2/c1-4-6-8-18-13-10-12(3)11-14(15(13)17-16)19-9-7-5-2/h10-11H,4-9H2,1-3H3/q+1. The Hall–Kier alpha value is -1.76. The molecule has 0 fully saturated rings. The number of diazo groups is 1. The van der Waals surface area contributed by atoms with Gasteiger partial charge in [0.15, 0.2) is 4.98 Å². The topological polar surface area (TPSA) is 46.6 Å². The molecule has 0 spiro atoms. The summed E-state index contributed by atoms with van der Waals surface area (Å²) in [5.41, 5.74) is 1.42. The summed E-state index contributed by atoms with van der Waals surface area (Å²) >= 11 is 0. The molecule has 19 heavy (non-hydrogen) atoms. The summed E-state index contributed by atoms with van der Waals surface area (Å²) in [7, 11) is 0. The monoisotopic (exact) mass is 263 g/mol. The second-order valence-electron chi connectivity index (χ2n) is 4.61. The van der Waals surface area contributed by atoms with Gasteiger partial charge in [-0.1, -0.05) is 26.7 Å². The summed E-state index contributed by atoms with van der Waals surface area (Å²) in [6, 6.07) is 3.74. The van der Waals surface area contributed by atoms with Crippen molar-refractivity contribution >= 4 is 5.69 Å². The summed E-state index contributed by atoms with van der Waals surface area (Å²) < 4.78 is 11.3. The summed E-state index contributed by atoms with van der Waals surface area (Å²) in [4.78, 5) is 3.32. The normalized spacial score (nSPS) is 10.0. The summed E-state index contributed by atoms with van der Waals surface area (Å²) in [6.07, 6.45) is 4.09. The van der Waals surface area contributed by atoms with Crippen molar-refractivity contribution < 1.29 is 9.47 Å². The lowest BCUT2D eigenvalue weighted by Gasteiger charge is -2.08. The van der Waals surface area contributed by atoms with Crippen LogP contribution in [0.5, 0.6) is 11.5 Å². The Morgan fingerprint density at radius 2 is 1.47 bits per heavy atom. The third-order valence-corrected chi connectivity index (χ3v) is 2.80. The van der Waals surface area contributed by atoms with E-state index in [0.29, 0.717) is 30.4 Å². The molecule has 104 valence electrons. The third kappa shape index (κ3) is 4.78. The number of rotatable bonds is 8. The fraction of sp³-hybridized carbons (Fsp3) is 0.600. The van der Waals surface area contributed by atoms with Gasteiger partial charge in [-0.05, 0) is 37.5 Å². The fourth-order valence-corrected chi connectivity index (χ4v) is 1.68. The average Bonchev–Trinajstić information content (AvgIpc) is 2.39. The highest BCUT2D eigenvalue weighted by Crippen LogP contribution is 2.39. The molecule has 0 aliphatic heterocycles. The summed E-state index contributed by atoms with van der Waals surface area (Å²) in [6.45, 7) is 7.43. The zero-order chi connectivity index (χ0) is 14.1. The van der Waals surface area contributed by atoms with Crippen molar-refractivity contribution in [3.63, 3.8) is 0 Å². The maximum Gasteiger partial charge on any atom is 0.467 e. The smallest absolute Gasteiger partial charge is 0.467 e. The van der Waals surface area contributed by atoms with Gasteiger partial charge in [0.25, 0.3) is 0 Å². The third-order valence-electron chi connectivity index (χ3n) is 2.80. The Bertz CT molecular complexity index is 407. The second kappa shape index (κ2) is 8.36. The quantitative estimate of drug-likeness (QED) is 0.498. The molecule has 0 aliphatic rings. The van der Waals surface area contributed by atoms with E-state index in [1.54, 1.807) is 0 Å². The van der Waals surface area contributed by atoms with Gasteiger partial charge in [0.2, 0.25) is 16.9 Å². The van der Waals surface area contributed by atoms with Gasteiger partial charge in [-0.2, -0.15) is 0 Å². The molecule has 1 aromatic rings. The van der Waals surface area contributed by atoms with Crippen LogP contribution in [0.4, 0.5) is 5.69 Å². The molecule has 0 heterocycles. The first-order valence-corrected chi connectivity index (χ1v) is 6.98. The number of aryl methyl sites for hydroxylation is 1. The van der Waals surface area contributed by atoms with Crippen LogP contribution in [-0.4, -0.2) is 13.2 Å². The van der Waals surface area contributed by atoms with Crippen LogP contribution in [0.25, 0.3) is 4.98 Å². The molecule has 0 aliphatic carbocycles. The average molecular weight is 263 g/mol. The van der Waals surface area contributed by atoms with E-state index < -0.39 is 0 Å². The minimum Gasteiger partial charge on any atom is -0.486 e. The van der Waals surface area contributed by atoms with E-state index >= 15 is 0 Å². The van der Waals surface area contributed by atoms with E-state index in [1.165, 1.54) is 0 Å². The molecule has 0 radical (unpaired) electrons. The maximum absolute atomic E-state index is 9.17. The highest BCUT2D eigenvalue weighted by molar-refractivity contribution is 5.67. The van der Waals surface area contributed by atoms with Crippen molar-refractivity contribution in [1.29, 1.82) is 5.39 Å². The van der Waals surface area contributed by atoms with Crippen LogP contribution in [0.2, 0.25) is 0 Å². The Labute approximate surface area is 115 Å². The zero-order valence-corrected chi connectivity index (χ0v) is 12.1. The lowest BCUT2D eigenvalue weighted by atomic mass is 10.2. The Morgan fingerprint density at radius 1 is 1.00 bits per heavy atom. The van der Waals surface area contributed by atoms with E-state index in [2.05, 4.69) is 18.8 Å². The summed E-state index contributed by atoms with van der Waals surface area (Å²) in [5, 5.41) is 9.17. The van der Waals surface area contributed by atoms with Gasteiger partial charge < -0.3 is 9.47 Å². The minimum atomic E-state index is 0.387. The van der Waals surface area contributed by atoms with Crippen LogP contribution in [0.3, 0.4) is 0 Å². The van der Waals surface area contributed by atoms with E-state index in [1.807, 2.05) is 19.1 Å². The van der Waals surface area contributed by atoms with Crippen LogP contribution in [0.1, 0.15) is 45.1 Å². The maximum atomic E-state index is 9.17. The Balaban J connectivity index is 2.87. The van der Waals surface area contributed by atoms with Crippen LogP contribution >= 0.6 is 0 Å². The van der Waals surface area contributed by atoms with Crippen molar-refractivity contribution in [1.82, 2.24) is 0 Å². The lowest BCUT2D eigenvalue weighted by molar-refractivity contribution is 0.297. The van der Waals surface area contributed by atoms with Crippen molar-refractivity contribution in [2.45, 2.75) is 46.5 Å². The minimum absolute atomic E-state index is 0.387. The first-order chi connectivity index (χ1) is 9.22. The van der Waals surface area contributed by atoms with Crippen LogP contribution in [-0.2, 0) is 0 Å². The highest BCUT2D eigenvalue weighted by atomic mass is 16.5. The molecule has 0 bridgehead atoms. The molecule has 4 nitrogen and oxygen atoms in total. The molecule has 0 N–H and O–H groups in total. The van der Waals surface area contributed by atoms with Crippen molar-refractivity contribution in [3.05, 3.63) is 22.7 Å². The molecule has 0 aromatic heterocycles. The van der Waals surface area contributed by atoms with Gasteiger partial charge in [-0.3, -0.25) is 0 Å². The van der Waals surface area contributed by atoms with Gasteiger partial charge in [-0.15, -0.1) is 0 Å². The fourth-order valence-electron chi connectivity index (χ4n) is 1.68. The van der Waals surface area contributed by atoms with Gasteiger partial charge in [0.1, 0.15) is 0 Å². The molecule has 0 atom stereocenters. The Morgan fingerprint density at radius 3 is 1.84 bits per heavy atom. The predicted molar refractivity (Wildman–Crippen MR) is 76.7 cm³/mol. The first kappa shape index (κ1) is 15.3. The summed E-state index contributed by atoms with van der Waals surface area (Å²) in [5.74, 6) is 1.17. The molecule has 1 rings (SSSR count). The van der Waals surface area contributed by atoms with Crippen LogP contribution in [0.15, 0.2) is 12.1 Å². The number of hydrogen-bond acceptors (Lipinski definition) is 3. The first-order valence-electron chi connectivity index (χ1n) is 6.98. The molecule has 4 heteroatoms. The van der Waals surface area contributed by atoms with Gasteiger partial charge >= 0.3 is 5.69 Å². The molecule has 0 unspecified atom stereocenters. The largest absolute Gasteiger partial charge is 0.486 e. The van der Waals surface area contributed by atoms with E-state index in [-0.39, 0.29) is 0 Å². The van der Waals surface area contributed by atoms with Gasteiger partial charge in [0.05, 0.1) is 13.2 Å². The van der Waals surface area contributed by atoms with E-state index in [4.69, 9.17) is 14.9 Å². The molecule has 0 amide bonds. The number of unbranched alkanes of at least 4 members (excludes halogenated alkanes) is 2.